The normalized spacial score (nSPS) is 29.3. The lowest BCUT2D eigenvalue weighted by Crippen LogP contribution is -2.49. The van der Waals surface area contributed by atoms with E-state index in [0.717, 1.165) is 12.8 Å². The molecule has 0 aromatic rings. The van der Waals surface area contributed by atoms with Gasteiger partial charge in [0.15, 0.2) is 0 Å². The predicted octanol–water partition coefficient (Wildman–Crippen LogP) is 1.32. The van der Waals surface area contributed by atoms with E-state index in [-0.39, 0.29) is 23.1 Å². The summed E-state index contributed by atoms with van der Waals surface area (Å²) in [5.41, 5.74) is 0.0847. The first-order chi connectivity index (χ1) is 10.1. The molecular weight excluding hydrogens is 268 g/mol. The van der Waals surface area contributed by atoms with E-state index in [9.17, 15) is 9.59 Å². The molecule has 3 rings (SSSR count). The van der Waals surface area contributed by atoms with E-state index in [2.05, 4.69) is 12.2 Å². The molecule has 2 heterocycles. The van der Waals surface area contributed by atoms with Crippen molar-refractivity contribution in [3.05, 3.63) is 0 Å². The number of ether oxygens (including phenoxy) is 1. The molecule has 2 saturated heterocycles. The Morgan fingerprint density at radius 1 is 1.33 bits per heavy atom. The Morgan fingerprint density at radius 3 is 2.67 bits per heavy atom. The Bertz CT molecular complexity index is 414. The van der Waals surface area contributed by atoms with Gasteiger partial charge in [-0.15, -0.1) is 0 Å². The summed E-state index contributed by atoms with van der Waals surface area (Å²) in [7, 11) is 0. The summed E-state index contributed by atoms with van der Waals surface area (Å²) < 4.78 is 5.20. The van der Waals surface area contributed by atoms with Crippen LogP contribution in [0.3, 0.4) is 0 Å². The molecule has 0 bridgehead atoms. The smallest absolute Gasteiger partial charge is 0.225 e. The average molecular weight is 294 g/mol. The van der Waals surface area contributed by atoms with Crippen LogP contribution in [0, 0.1) is 11.3 Å². The fraction of sp³-hybridized carbons (Fsp3) is 0.875. The number of hydrogen-bond donors (Lipinski definition) is 1. The molecule has 5 nitrogen and oxygen atoms in total. The summed E-state index contributed by atoms with van der Waals surface area (Å²) in [5.74, 6) is 0.0408. The molecule has 0 aromatic carbocycles. The van der Waals surface area contributed by atoms with Crippen LogP contribution < -0.4 is 5.32 Å². The third-order valence-electron chi connectivity index (χ3n) is 5.14. The number of rotatable bonds is 4. The number of carbonyl (C=O) groups excluding carboxylic acids is 2. The molecule has 1 N–H and O–H groups in total. The van der Waals surface area contributed by atoms with Crippen LogP contribution in [-0.4, -0.2) is 49.1 Å². The zero-order valence-electron chi connectivity index (χ0n) is 12.9. The van der Waals surface area contributed by atoms with Gasteiger partial charge in [-0.05, 0) is 12.8 Å². The molecule has 2 amide bonds. The van der Waals surface area contributed by atoms with Crippen molar-refractivity contribution in [2.45, 2.75) is 51.5 Å². The van der Waals surface area contributed by atoms with Gasteiger partial charge in [0.2, 0.25) is 11.8 Å². The van der Waals surface area contributed by atoms with Crippen molar-refractivity contribution < 1.29 is 14.3 Å². The fourth-order valence-electron chi connectivity index (χ4n) is 3.65. The number of amides is 2. The van der Waals surface area contributed by atoms with Crippen LogP contribution in [0.25, 0.3) is 0 Å². The van der Waals surface area contributed by atoms with E-state index < -0.39 is 0 Å². The molecule has 1 unspecified atom stereocenters. The van der Waals surface area contributed by atoms with Crippen molar-refractivity contribution in [2.75, 3.05) is 26.3 Å². The van der Waals surface area contributed by atoms with Gasteiger partial charge < -0.3 is 15.0 Å². The molecule has 2 aliphatic heterocycles. The SMILES string of the molecule is CC1(CNC(=O)C2CC(=O)N(C3CCCCC3)C2)COC1. The molecular formula is C16H26N2O3. The van der Waals surface area contributed by atoms with Crippen molar-refractivity contribution in [2.24, 2.45) is 11.3 Å². The standard InChI is InChI=1S/C16H26N2O3/c1-16(10-21-11-16)9-17-15(20)12-7-14(19)18(8-12)13-5-3-2-4-6-13/h12-13H,2-11H2,1H3,(H,17,20). The summed E-state index contributed by atoms with van der Waals surface area (Å²) in [6.07, 6.45) is 6.30. The highest BCUT2D eigenvalue weighted by Gasteiger charge is 2.39. The minimum Gasteiger partial charge on any atom is -0.380 e. The quantitative estimate of drug-likeness (QED) is 0.851. The van der Waals surface area contributed by atoms with Crippen LogP contribution in [-0.2, 0) is 14.3 Å². The Kier molecular flexibility index (Phi) is 4.20. The van der Waals surface area contributed by atoms with Gasteiger partial charge in [-0.1, -0.05) is 26.2 Å². The molecule has 0 aromatic heterocycles. The second-order valence-corrected chi connectivity index (χ2v) is 7.26. The predicted molar refractivity (Wildman–Crippen MR) is 78.6 cm³/mol. The van der Waals surface area contributed by atoms with Crippen LogP contribution in [0.2, 0.25) is 0 Å². The Morgan fingerprint density at radius 2 is 2.05 bits per heavy atom. The molecule has 3 fully saturated rings. The average Bonchev–Trinajstić information content (AvgIpc) is 2.86. The monoisotopic (exact) mass is 294 g/mol. The van der Waals surface area contributed by atoms with Crippen molar-refractivity contribution >= 4 is 11.8 Å². The van der Waals surface area contributed by atoms with E-state index in [4.69, 9.17) is 4.74 Å². The maximum Gasteiger partial charge on any atom is 0.225 e. The summed E-state index contributed by atoms with van der Waals surface area (Å²) in [4.78, 5) is 26.4. The van der Waals surface area contributed by atoms with Crippen molar-refractivity contribution in [1.29, 1.82) is 0 Å². The van der Waals surface area contributed by atoms with Crippen molar-refractivity contribution in [3.63, 3.8) is 0 Å². The molecule has 0 spiro atoms. The lowest BCUT2D eigenvalue weighted by Gasteiger charge is -2.38. The zero-order valence-corrected chi connectivity index (χ0v) is 12.9. The van der Waals surface area contributed by atoms with Crippen LogP contribution >= 0.6 is 0 Å². The molecule has 118 valence electrons. The highest BCUT2D eigenvalue weighted by molar-refractivity contribution is 5.89. The number of hydrogen-bond acceptors (Lipinski definition) is 3. The van der Waals surface area contributed by atoms with E-state index in [1.807, 2.05) is 4.90 Å². The van der Waals surface area contributed by atoms with E-state index >= 15 is 0 Å². The van der Waals surface area contributed by atoms with Crippen molar-refractivity contribution in [1.82, 2.24) is 10.2 Å². The summed E-state index contributed by atoms with van der Waals surface area (Å²) >= 11 is 0. The maximum absolute atomic E-state index is 12.3. The van der Waals surface area contributed by atoms with Crippen molar-refractivity contribution in [3.8, 4) is 0 Å². The number of likely N-dealkylation sites (tertiary alicyclic amines) is 1. The largest absolute Gasteiger partial charge is 0.380 e. The topological polar surface area (TPSA) is 58.6 Å². The Balaban J connectivity index is 1.50. The first kappa shape index (κ1) is 14.8. The van der Waals surface area contributed by atoms with E-state index in [1.165, 1.54) is 19.3 Å². The first-order valence-electron chi connectivity index (χ1n) is 8.22. The van der Waals surface area contributed by atoms with Crippen LogP contribution in [0.5, 0.6) is 0 Å². The molecule has 3 aliphatic rings. The summed E-state index contributed by atoms with van der Waals surface area (Å²) in [6, 6.07) is 0.376. The van der Waals surface area contributed by atoms with Crippen LogP contribution in [0.1, 0.15) is 45.4 Å². The molecule has 1 saturated carbocycles. The molecule has 5 heteroatoms. The minimum atomic E-state index is -0.163. The highest BCUT2D eigenvalue weighted by Crippen LogP contribution is 2.29. The van der Waals surface area contributed by atoms with Gasteiger partial charge in [0, 0.05) is 31.0 Å². The van der Waals surface area contributed by atoms with Crippen LogP contribution in [0.15, 0.2) is 0 Å². The van der Waals surface area contributed by atoms with Gasteiger partial charge in [-0.3, -0.25) is 9.59 Å². The van der Waals surface area contributed by atoms with Gasteiger partial charge in [0.05, 0.1) is 19.1 Å². The lowest BCUT2D eigenvalue weighted by atomic mass is 9.88. The summed E-state index contributed by atoms with van der Waals surface area (Å²) in [5, 5.41) is 3.01. The highest BCUT2D eigenvalue weighted by atomic mass is 16.5. The number of carbonyl (C=O) groups is 2. The Labute approximate surface area is 126 Å². The zero-order chi connectivity index (χ0) is 14.9. The third-order valence-corrected chi connectivity index (χ3v) is 5.14. The number of nitrogens with one attached hydrogen (secondary N) is 1. The minimum absolute atomic E-state index is 0.0368. The molecule has 21 heavy (non-hydrogen) atoms. The van der Waals surface area contributed by atoms with E-state index in [1.54, 1.807) is 0 Å². The van der Waals surface area contributed by atoms with Gasteiger partial charge in [-0.2, -0.15) is 0 Å². The summed E-state index contributed by atoms with van der Waals surface area (Å²) in [6.45, 7) is 4.81. The van der Waals surface area contributed by atoms with E-state index in [0.29, 0.717) is 38.8 Å². The molecule has 0 radical (unpaired) electrons. The van der Waals surface area contributed by atoms with Gasteiger partial charge >= 0.3 is 0 Å². The third kappa shape index (κ3) is 3.23. The first-order valence-corrected chi connectivity index (χ1v) is 8.22. The van der Waals surface area contributed by atoms with Gasteiger partial charge in [-0.25, -0.2) is 0 Å². The fourth-order valence-corrected chi connectivity index (χ4v) is 3.65. The van der Waals surface area contributed by atoms with Crippen LogP contribution in [0.4, 0.5) is 0 Å². The number of nitrogens with zero attached hydrogens (tertiary/aromatic N) is 1. The lowest BCUT2D eigenvalue weighted by molar-refractivity contribution is -0.132. The second kappa shape index (κ2) is 5.95. The van der Waals surface area contributed by atoms with Gasteiger partial charge in [0.1, 0.15) is 0 Å². The van der Waals surface area contributed by atoms with Gasteiger partial charge in [0.25, 0.3) is 0 Å². The Hall–Kier alpha value is -1.10. The second-order valence-electron chi connectivity index (χ2n) is 7.26. The molecule has 1 aliphatic carbocycles. The maximum atomic E-state index is 12.3. The molecule has 1 atom stereocenters.